The van der Waals surface area contributed by atoms with Gasteiger partial charge in [-0.2, -0.15) is 5.10 Å². The average Bonchev–Trinajstić information content (AvgIpc) is 3.06. The maximum absolute atomic E-state index is 13.9. The number of anilines is 1. The van der Waals surface area contributed by atoms with Gasteiger partial charge in [-0.3, -0.25) is 4.79 Å². The van der Waals surface area contributed by atoms with E-state index >= 15 is 0 Å². The van der Waals surface area contributed by atoms with Crippen molar-refractivity contribution in [3.63, 3.8) is 0 Å². The van der Waals surface area contributed by atoms with Gasteiger partial charge < -0.3 is 15.0 Å². The van der Waals surface area contributed by atoms with Crippen molar-refractivity contribution in [2.75, 3.05) is 25.1 Å². The van der Waals surface area contributed by atoms with Gasteiger partial charge in [0.1, 0.15) is 29.6 Å². The van der Waals surface area contributed by atoms with E-state index in [0.29, 0.717) is 34.9 Å². The number of hydrogen-bond donors (Lipinski definition) is 1. The van der Waals surface area contributed by atoms with Gasteiger partial charge in [0, 0.05) is 25.4 Å². The monoisotopic (exact) mass is 375 g/mol. The zero-order valence-corrected chi connectivity index (χ0v) is 14.6. The van der Waals surface area contributed by atoms with Gasteiger partial charge in [-0.1, -0.05) is 11.6 Å². The first-order valence-corrected chi connectivity index (χ1v) is 8.36. The maximum Gasteiger partial charge on any atom is 0.256 e. The second-order valence-corrected chi connectivity index (χ2v) is 6.29. The van der Waals surface area contributed by atoms with Gasteiger partial charge in [0.05, 0.1) is 17.8 Å². The van der Waals surface area contributed by atoms with Crippen molar-refractivity contribution in [3.8, 4) is 5.75 Å². The average molecular weight is 376 g/mol. The number of nitrogens with zero attached hydrogens (tertiary/aromatic N) is 4. The molecule has 0 unspecified atom stereocenters. The fourth-order valence-electron chi connectivity index (χ4n) is 2.83. The third kappa shape index (κ3) is 2.82. The van der Waals surface area contributed by atoms with Crippen LogP contribution in [0.25, 0.3) is 5.65 Å². The molecule has 1 aliphatic heterocycles. The van der Waals surface area contributed by atoms with Crippen LogP contribution in [0.5, 0.6) is 5.75 Å². The molecule has 134 valence electrons. The highest BCUT2D eigenvalue weighted by Gasteiger charge is 2.19. The van der Waals surface area contributed by atoms with Crippen molar-refractivity contribution in [1.29, 1.82) is 0 Å². The maximum atomic E-state index is 13.9. The number of fused-ring (bicyclic) bond motifs is 2. The van der Waals surface area contributed by atoms with E-state index in [1.54, 1.807) is 24.2 Å². The van der Waals surface area contributed by atoms with Crippen molar-refractivity contribution < 1.29 is 13.9 Å². The summed E-state index contributed by atoms with van der Waals surface area (Å²) in [5.74, 6) is 0.271. The van der Waals surface area contributed by atoms with E-state index in [9.17, 15) is 9.18 Å². The van der Waals surface area contributed by atoms with E-state index in [-0.39, 0.29) is 24.1 Å². The Balaban J connectivity index is 1.83. The summed E-state index contributed by atoms with van der Waals surface area (Å²) in [7, 11) is 1.81. The molecular formula is C17H15ClFN5O2. The zero-order valence-electron chi connectivity index (χ0n) is 13.9. The Morgan fingerprint density at radius 2 is 2.19 bits per heavy atom. The number of hydrogen-bond acceptors (Lipinski definition) is 5. The van der Waals surface area contributed by atoms with Gasteiger partial charge in [0.2, 0.25) is 0 Å². The largest absolute Gasteiger partial charge is 0.491 e. The van der Waals surface area contributed by atoms with Crippen LogP contribution in [0, 0.1) is 5.82 Å². The summed E-state index contributed by atoms with van der Waals surface area (Å²) in [6, 6.07) is 4.56. The highest BCUT2D eigenvalue weighted by molar-refractivity contribution is 6.31. The topological polar surface area (TPSA) is 71.8 Å². The molecule has 4 rings (SSSR count). The molecule has 9 heteroatoms. The number of amides is 1. The third-order valence-corrected chi connectivity index (χ3v) is 4.59. The Hall–Kier alpha value is -2.87. The molecule has 0 saturated heterocycles. The molecule has 0 radical (unpaired) electrons. The molecule has 0 aliphatic carbocycles. The quantitative estimate of drug-likeness (QED) is 0.652. The molecule has 3 heterocycles. The minimum atomic E-state index is -0.512. The van der Waals surface area contributed by atoms with Crippen molar-refractivity contribution in [2.45, 2.75) is 6.54 Å². The van der Waals surface area contributed by atoms with Crippen LogP contribution in [-0.4, -0.2) is 40.7 Å². The van der Waals surface area contributed by atoms with Crippen LogP contribution in [0.3, 0.4) is 0 Å². The lowest BCUT2D eigenvalue weighted by atomic mass is 10.1. The normalized spacial score (nSPS) is 14.9. The van der Waals surface area contributed by atoms with Crippen LogP contribution in [0.15, 0.2) is 30.6 Å². The number of benzene rings is 1. The van der Waals surface area contributed by atoms with Gasteiger partial charge in [-0.05, 0) is 18.2 Å². The summed E-state index contributed by atoms with van der Waals surface area (Å²) >= 11 is 6.17. The minimum Gasteiger partial charge on any atom is -0.491 e. The van der Waals surface area contributed by atoms with E-state index in [1.807, 2.05) is 0 Å². The number of carbonyl (C=O) groups excluding carboxylic acids is 1. The van der Waals surface area contributed by atoms with E-state index in [4.69, 9.17) is 16.3 Å². The Bertz CT molecular complexity index is 1010. The highest BCUT2D eigenvalue weighted by atomic mass is 35.5. The molecule has 7 nitrogen and oxygen atoms in total. The van der Waals surface area contributed by atoms with Crippen molar-refractivity contribution in [3.05, 3.63) is 52.6 Å². The first kappa shape index (κ1) is 16.6. The summed E-state index contributed by atoms with van der Waals surface area (Å²) in [6.45, 7) is 0.792. The third-order valence-electron chi connectivity index (χ3n) is 4.18. The number of halogens is 2. The molecule has 26 heavy (non-hydrogen) atoms. The van der Waals surface area contributed by atoms with E-state index in [2.05, 4.69) is 15.4 Å². The van der Waals surface area contributed by atoms with Crippen LogP contribution in [0.4, 0.5) is 10.2 Å². The Kier molecular flexibility index (Phi) is 4.12. The molecule has 0 spiro atoms. The molecule has 2 bridgehead atoms. The van der Waals surface area contributed by atoms with Crippen LogP contribution >= 0.6 is 11.6 Å². The van der Waals surface area contributed by atoms with Crippen LogP contribution in [-0.2, 0) is 6.54 Å². The lowest BCUT2D eigenvalue weighted by Crippen LogP contribution is -2.28. The second-order valence-electron chi connectivity index (χ2n) is 5.91. The standard InChI is InChI=1S/C17H15ClFN5O2/c1-23-9-11-13(3-2-12(19)15(11)18)26-7-5-20-17(25)10-8-21-24-6-4-14(23)22-16(10)24/h2-4,6,8H,5,7,9H2,1H3,(H,20,25). The summed E-state index contributed by atoms with van der Waals surface area (Å²) in [5, 5.41) is 6.92. The second kappa shape index (κ2) is 6.45. The van der Waals surface area contributed by atoms with E-state index < -0.39 is 5.82 Å². The molecule has 0 fully saturated rings. The lowest BCUT2D eigenvalue weighted by Gasteiger charge is -2.21. The first-order valence-electron chi connectivity index (χ1n) is 7.98. The minimum absolute atomic E-state index is 0.0133. The van der Waals surface area contributed by atoms with Crippen molar-refractivity contribution in [2.24, 2.45) is 0 Å². The molecular weight excluding hydrogens is 361 g/mol. The summed E-state index contributed by atoms with van der Waals surface area (Å²) < 4.78 is 21.2. The number of aromatic nitrogens is 3. The predicted molar refractivity (Wildman–Crippen MR) is 94.3 cm³/mol. The van der Waals surface area contributed by atoms with Crippen LogP contribution in [0.2, 0.25) is 5.02 Å². The predicted octanol–water partition coefficient (Wildman–Crippen LogP) is 2.28. The Labute approximate surface area is 153 Å². The van der Waals surface area contributed by atoms with Gasteiger partial charge in [0.25, 0.3) is 5.91 Å². The Morgan fingerprint density at radius 1 is 1.35 bits per heavy atom. The lowest BCUT2D eigenvalue weighted by molar-refractivity contribution is 0.0948. The SMILES string of the molecule is CN1Cc2c(ccc(F)c2Cl)OCCNC(=O)c2cnn3ccc1nc23. The Morgan fingerprint density at radius 3 is 3.04 bits per heavy atom. The fraction of sp³-hybridized carbons (Fsp3) is 0.235. The van der Waals surface area contributed by atoms with Gasteiger partial charge in [-0.25, -0.2) is 13.9 Å². The molecule has 1 amide bonds. The highest BCUT2D eigenvalue weighted by Crippen LogP contribution is 2.31. The number of carbonyl (C=O) groups is 1. The van der Waals surface area contributed by atoms with Gasteiger partial charge in [-0.15, -0.1) is 0 Å². The molecule has 3 aromatic rings. The molecule has 1 aliphatic rings. The zero-order chi connectivity index (χ0) is 18.3. The summed E-state index contributed by atoms with van der Waals surface area (Å²) in [6.07, 6.45) is 3.19. The first-order chi connectivity index (χ1) is 12.5. The molecule has 0 saturated carbocycles. The van der Waals surface area contributed by atoms with Crippen molar-refractivity contribution in [1.82, 2.24) is 19.9 Å². The van der Waals surface area contributed by atoms with E-state index in [1.165, 1.54) is 22.8 Å². The number of ether oxygens (including phenoxy) is 1. The fourth-order valence-corrected chi connectivity index (χ4v) is 3.04. The molecule has 1 N–H and O–H groups in total. The summed E-state index contributed by atoms with van der Waals surface area (Å²) in [5.41, 5.74) is 1.34. The smallest absolute Gasteiger partial charge is 0.256 e. The molecule has 1 aromatic carbocycles. The molecule has 2 aromatic heterocycles. The number of nitrogens with one attached hydrogen (secondary N) is 1. The van der Waals surface area contributed by atoms with E-state index in [0.717, 1.165) is 0 Å². The van der Waals surface area contributed by atoms with Crippen molar-refractivity contribution >= 4 is 29.0 Å². The van der Waals surface area contributed by atoms with Crippen LogP contribution in [0.1, 0.15) is 15.9 Å². The van der Waals surface area contributed by atoms with Crippen LogP contribution < -0.4 is 15.0 Å². The van der Waals surface area contributed by atoms with Gasteiger partial charge >= 0.3 is 0 Å². The molecule has 0 atom stereocenters. The van der Waals surface area contributed by atoms with Gasteiger partial charge in [0.15, 0.2) is 5.65 Å². The number of rotatable bonds is 0. The summed E-state index contributed by atoms with van der Waals surface area (Å²) in [4.78, 5) is 18.7.